The molecule has 29 heavy (non-hydrogen) atoms. The van der Waals surface area contributed by atoms with Crippen LogP contribution in [0.2, 0.25) is 10.0 Å². The van der Waals surface area contributed by atoms with Crippen molar-refractivity contribution in [1.82, 2.24) is 19.4 Å². The highest BCUT2D eigenvalue weighted by Crippen LogP contribution is 2.32. The maximum absolute atomic E-state index is 13.2. The van der Waals surface area contributed by atoms with E-state index in [0.29, 0.717) is 42.3 Å². The minimum Gasteiger partial charge on any atom is -0.298 e. The molecular formula is C21H21Cl2N5O. The normalized spacial score (nSPS) is 14.1. The van der Waals surface area contributed by atoms with Crippen LogP contribution in [0.5, 0.6) is 0 Å². The molecule has 1 aliphatic heterocycles. The fourth-order valence-corrected chi connectivity index (χ4v) is 4.19. The Morgan fingerprint density at radius 2 is 1.90 bits per heavy atom. The number of hydrogen-bond donors (Lipinski definition) is 0. The number of rotatable bonds is 4. The van der Waals surface area contributed by atoms with Gasteiger partial charge in [-0.3, -0.25) is 24.1 Å². The predicted octanol–water partition coefficient (Wildman–Crippen LogP) is 4.38. The maximum Gasteiger partial charge on any atom is 0.259 e. The Kier molecular flexibility index (Phi) is 5.58. The van der Waals surface area contributed by atoms with Crippen LogP contribution in [0, 0.1) is 6.92 Å². The van der Waals surface area contributed by atoms with Crippen LogP contribution in [-0.2, 0) is 19.6 Å². The number of halogens is 2. The second kappa shape index (κ2) is 8.14. The number of fused-ring (bicyclic) bond motifs is 1. The Labute approximate surface area is 179 Å². The molecule has 0 radical (unpaired) electrons. The first kappa shape index (κ1) is 19.9. The number of nitrogens with zero attached hydrogens (tertiary/aromatic N) is 5. The molecule has 0 amide bonds. The van der Waals surface area contributed by atoms with E-state index in [1.54, 1.807) is 16.8 Å². The number of pyridine rings is 1. The molecule has 3 heterocycles. The lowest BCUT2D eigenvalue weighted by atomic mass is 10.2. The summed E-state index contributed by atoms with van der Waals surface area (Å²) in [6, 6.07) is 9.29. The highest BCUT2D eigenvalue weighted by atomic mass is 35.5. The number of hydrogen-bond acceptors (Lipinski definition) is 5. The lowest BCUT2D eigenvalue weighted by Gasteiger charge is -2.38. The van der Waals surface area contributed by atoms with Gasteiger partial charge in [0.05, 0.1) is 13.3 Å². The summed E-state index contributed by atoms with van der Waals surface area (Å²) >= 11 is 12.5. The first-order valence-corrected chi connectivity index (χ1v) is 10.2. The van der Waals surface area contributed by atoms with Gasteiger partial charge in [-0.25, -0.2) is 4.98 Å². The van der Waals surface area contributed by atoms with Crippen LogP contribution in [0.4, 0.5) is 11.6 Å². The van der Waals surface area contributed by atoms with E-state index in [1.807, 2.05) is 49.2 Å². The molecule has 0 saturated carbocycles. The third-order valence-electron chi connectivity index (χ3n) is 5.01. The summed E-state index contributed by atoms with van der Waals surface area (Å²) < 4.78 is 1.72. The van der Waals surface area contributed by atoms with Gasteiger partial charge >= 0.3 is 0 Å². The molecule has 0 unspecified atom stereocenters. The molecule has 8 heteroatoms. The van der Waals surface area contributed by atoms with Gasteiger partial charge in [-0.05, 0) is 43.2 Å². The molecule has 2 aromatic heterocycles. The molecular weight excluding hydrogens is 409 g/mol. The SMILES string of the molecule is CCc1c(C)nc2n(c1=O)CN(Cc1cccnc1)CN2c1cc(Cl)cc(Cl)c1. The molecule has 0 N–H and O–H groups in total. The summed E-state index contributed by atoms with van der Waals surface area (Å²) in [4.78, 5) is 26.3. The summed E-state index contributed by atoms with van der Waals surface area (Å²) in [6.45, 7) is 5.51. The standard InChI is InChI=1S/C21H21Cl2N5O/c1-3-19-14(2)25-21-27(18-8-16(22)7-17(23)9-18)12-26(13-28(21)20(19)29)11-15-5-4-6-24-10-15/h4-10H,3,11-13H2,1-2H3. The smallest absolute Gasteiger partial charge is 0.259 e. The zero-order valence-electron chi connectivity index (χ0n) is 16.3. The summed E-state index contributed by atoms with van der Waals surface area (Å²) in [5.41, 5.74) is 3.35. The van der Waals surface area contributed by atoms with Gasteiger partial charge in [-0.2, -0.15) is 0 Å². The van der Waals surface area contributed by atoms with Gasteiger partial charge in [0.25, 0.3) is 5.56 Å². The minimum absolute atomic E-state index is 0.0102. The van der Waals surface area contributed by atoms with E-state index in [0.717, 1.165) is 22.5 Å². The Hall–Kier alpha value is -2.41. The number of benzene rings is 1. The summed E-state index contributed by atoms with van der Waals surface area (Å²) in [5, 5.41) is 1.07. The van der Waals surface area contributed by atoms with Crippen LogP contribution in [0.15, 0.2) is 47.5 Å². The summed E-state index contributed by atoms with van der Waals surface area (Å²) in [5.74, 6) is 0.602. The van der Waals surface area contributed by atoms with Crippen molar-refractivity contribution in [3.63, 3.8) is 0 Å². The highest BCUT2D eigenvalue weighted by molar-refractivity contribution is 6.35. The molecule has 0 saturated heterocycles. The fourth-order valence-electron chi connectivity index (χ4n) is 3.68. The van der Waals surface area contributed by atoms with Gasteiger partial charge in [-0.1, -0.05) is 36.2 Å². The Bertz CT molecular complexity index is 1080. The monoisotopic (exact) mass is 429 g/mol. The molecule has 0 bridgehead atoms. The van der Waals surface area contributed by atoms with Crippen molar-refractivity contribution in [3.05, 3.63) is 79.9 Å². The average Bonchev–Trinajstić information content (AvgIpc) is 2.68. The van der Waals surface area contributed by atoms with Gasteiger partial charge < -0.3 is 0 Å². The highest BCUT2D eigenvalue weighted by Gasteiger charge is 2.28. The first-order chi connectivity index (χ1) is 14.0. The van der Waals surface area contributed by atoms with Crippen molar-refractivity contribution in [3.8, 4) is 0 Å². The number of aryl methyl sites for hydroxylation is 1. The van der Waals surface area contributed by atoms with Crippen LogP contribution >= 0.6 is 23.2 Å². The van der Waals surface area contributed by atoms with Crippen molar-refractivity contribution in [1.29, 1.82) is 0 Å². The van der Waals surface area contributed by atoms with Crippen molar-refractivity contribution in [2.75, 3.05) is 11.6 Å². The lowest BCUT2D eigenvalue weighted by Crippen LogP contribution is -2.47. The molecule has 6 nitrogen and oxygen atoms in total. The van der Waals surface area contributed by atoms with E-state index in [1.165, 1.54) is 0 Å². The lowest BCUT2D eigenvalue weighted by molar-refractivity contribution is 0.189. The van der Waals surface area contributed by atoms with Crippen LogP contribution in [0.25, 0.3) is 0 Å². The van der Waals surface area contributed by atoms with Crippen molar-refractivity contribution >= 4 is 34.8 Å². The predicted molar refractivity (Wildman–Crippen MR) is 116 cm³/mol. The van der Waals surface area contributed by atoms with E-state index in [2.05, 4.69) is 9.88 Å². The second-order valence-corrected chi connectivity index (χ2v) is 7.96. The largest absolute Gasteiger partial charge is 0.298 e. The van der Waals surface area contributed by atoms with Gasteiger partial charge in [-0.15, -0.1) is 0 Å². The third kappa shape index (κ3) is 4.01. The number of aromatic nitrogens is 3. The van der Waals surface area contributed by atoms with Crippen LogP contribution in [0.3, 0.4) is 0 Å². The van der Waals surface area contributed by atoms with E-state index < -0.39 is 0 Å². The molecule has 0 aliphatic carbocycles. The van der Waals surface area contributed by atoms with Crippen molar-refractivity contribution in [2.24, 2.45) is 0 Å². The van der Waals surface area contributed by atoms with Crippen LogP contribution in [-0.4, -0.2) is 26.1 Å². The molecule has 4 rings (SSSR count). The van der Waals surface area contributed by atoms with Gasteiger partial charge in [0.2, 0.25) is 5.95 Å². The quantitative estimate of drug-likeness (QED) is 0.615. The molecule has 150 valence electrons. The summed E-state index contributed by atoms with van der Waals surface area (Å²) in [6.07, 6.45) is 4.23. The molecule has 1 aliphatic rings. The van der Waals surface area contributed by atoms with E-state index in [-0.39, 0.29) is 5.56 Å². The van der Waals surface area contributed by atoms with Crippen molar-refractivity contribution in [2.45, 2.75) is 33.5 Å². The average molecular weight is 430 g/mol. The molecule has 0 spiro atoms. The Morgan fingerprint density at radius 3 is 2.55 bits per heavy atom. The molecule has 3 aromatic rings. The zero-order valence-corrected chi connectivity index (χ0v) is 17.8. The van der Waals surface area contributed by atoms with E-state index in [4.69, 9.17) is 28.2 Å². The summed E-state index contributed by atoms with van der Waals surface area (Å²) in [7, 11) is 0. The van der Waals surface area contributed by atoms with Gasteiger partial charge in [0.15, 0.2) is 0 Å². The van der Waals surface area contributed by atoms with E-state index >= 15 is 0 Å². The topological polar surface area (TPSA) is 54.3 Å². The molecule has 0 fully saturated rings. The van der Waals surface area contributed by atoms with Gasteiger partial charge in [0.1, 0.15) is 0 Å². The maximum atomic E-state index is 13.2. The fraction of sp³-hybridized carbons (Fsp3) is 0.286. The van der Waals surface area contributed by atoms with Gasteiger partial charge in [0, 0.05) is 45.9 Å². The Morgan fingerprint density at radius 1 is 1.14 bits per heavy atom. The number of anilines is 2. The first-order valence-electron chi connectivity index (χ1n) is 9.41. The third-order valence-corrected chi connectivity index (χ3v) is 5.45. The van der Waals surface area contributed by atoms with Crippen LogP contribution in [0.1, 0.15) is 23.7 Å². The second-order valence-electron chi connectivity index (χ2n) is 7.09. The molecule has 0 atom stereocenters. The van der Waals surface area contributed by atoms with E-state index in [9.17, 15) is 4.79 Å². The van der Waals surface area contributed by atoms with Crippen molar-refractivity contribution < 1.29 is 0 Å². The Balaban J connectivity index is 1.82. The minimum atomic E-state index is -0.0102. The zero-order chi connectivity index (χ0) is 20.5. The molecule has 1 aromatic carbocycles. The van der Waals surface area contributed by atoms with Crippen LogP contribution < -0.4 is 10.5 Å².